The first-order valence-corrected chi connectivity index (χ1v) is 11.7. The van der Waals surface area contributed by atoms with Crippen LogP contribution in [-0.4, -0.2) is 48.5 Å². The van der Waals surface area contributed by atoms with Crippen molar-refractivity contribution >= 4 is 35.2 Å². The predicted octanol–water partition coefficient (Wildman–Crippen LogP) is 4.32. The summed E-state index contributed by atoms with van der Waals surface area (Å²) in [5.41, 5.74) is 0.573. The molecule has 3 rings (SSSR count). The van der Waals surface area contributed by atoms with Gasteiger partial charge in [0, 0.05) is 30.7 Å². The van der Waals surface area contributed by atoms with Gasteiger partial charge in [-0.25, -0.2) is 4.39 Å². The fourth-order valence-electron chi connectivity index (χ4n) is 3.80. The average molecular weight is 458 g/mol. The average Bonchev–Trinajstić information content (AvgIpc) is 2.83. The van der Waals surface area contributed by atoms with E-state index < -0.39 is 17.6 Å². The van der Waals surface area contributed by atoms with Crippen molar-refractivity contribution in [2.75, 3.05) is 25.2 Å². The summed E-state index contributed by atoms with van der Waals surface area (Å²) in [6.45, 7) is 0. The fourth-order valence-corrected chi connectivity index (χ4v) is 4.78. The number of rotatable bonds is 7. The van der Waals surface area contributed by atoms with Gasteiger partial charge in [0.15, 0.2) is 0 Å². The van der Waals surface area contributed by atoms with Crippen molar-refractivity contribution in [2.45, 2.75) is 43.0 Å². The molecule has 6 nitrogen and oxygen atoms in total. The highest BCUT2D eigenvalue weighted by Gasteiger charge is 2.22. The first-order chi connectivity index (χ1) is 15.4. The van der Waals surface area contributed by atoms with Gasteiger partial charge in [0.25, 0.3) is 11.8 Å². The van der Waals surface area contributed by atoms with Gasteiger partial charge in [0.2, 0.25) is 5.91 Å². The van der Waals surface area contributed by atoms with Gasteiger partial charge in [0.1, 0.15) is 5.82 Å². The van der Waals surface area contributed by atoms with Crippen molar-refractivity contribution in [1.29, 1.82) is 0 Å². The Balaban J connectivity index is 1.67. The number of amides is 3. The molecule has 3 amide bonds. The molecular weight excluding hydrogens is 429 g/mol. The van der Waals surface area contributed by atoms with E-state index in [1.165, 1.54) is 37.4 Å². The van der Waals surface area contributed by atoms with E-state index in [2.05, 4.69) is 10.6 Å². The van der Waals surface area contributed by atoms with Crippen molar-refractivity contribution in [2.24, 2.45) is 0 Å². The van der Waals surface area contributed by atoms with E-state index in [0.29, 0.717) is 22.2 Å². The van der Waals surface area contributed by atoms with E-state index in [1.54, 1.807) is 18.2 Å². The summed E-state index contributed by atoms with van der Waals surface area (Å²) in [7, 11) is 3.27. The Bertz CT molecular complexity index is 992. The zero-order valence-electron chi connectivity index (χ0n) is 18.3. The molecule has 1 saturated carbocycles. The molecule has 0 unspecified atom stereocenters. The van der Waals surface area contributed by atoms with Crippen LogP contribution in [-0.2, 0) is 4.79 Å². The van der Waals surface area contributed by atoms with Crippen molar-refractivity contribution < 1.29 is 18.8 Å². The molecule has 0 saturated heterocycles. The molecule has 0 radical (unpaired) electrons. The van der Waals surface area contributed by atoms with Crippen LogP contribution < -0.4 is 10.6 Å². The van der Waals surface area contributed by atoms with Crippen LogP contribution in [0.4, 0.5) is 10.1 Å². The Labute approximate surface area is 191 Å². The molecule has 2 aromatic carbocycles. The van der Waals surface area contributed by atoms with Crippen LogP contribution in [0.3, 0.4) is 0 Å². The summed E-state index contributed by atoms with van der Waals surface area (Å²) in [5.74, 6) is -1.34. The van der Waals surface area contributed by atoms with Gasteiger partial charge in [0.05, 0.1) is 16.9 Å². The minimum Gasteiger partial charge on any atom is -0.355 e. The largest absolute Gasteiger partial charge is 0.355 e. The first-order valence-electron chi connectivity index (χ1n) is 10.7. The van der Waals surface area contributed by atoms with Gasteiger partial charge in [-0.15, -0.1) is 11.8 Å². The summed E-state index contributed by atoms with van der Waals surface area (Å²) in [4.78, 5) is 39.9. The van der Waals surface area contributed by atoms with Gasteiger partial charge in [-0.1, -0.05) is 31.4 Å². The number of nitrogens with zero attached hydrogens (tertiary/aromatic N) is 1. The molecule has 0 aliphatic heterocycles. The normalized spacial score (nSPS) is 14.0. The number of carbonyl (C=O) groups is 3. The summed E-state index contributed by atoms with van der Waals surface area (Å²) in [5, 5.41) is 5.09. The zero-order chi connectivity index (χ0) is 23.1. The van der Waals surface area contributed by atoms with Crippen LogP contribution in [0.5, 0.6) is 0 Å². The van der Waals surface area contributed by atoms with E-state index in [4.69, 9.17) is 0 Å². The lowest BCUT2D eigenvalue weighted by atomic mass is 9.94. The first kappa shape index (κ1) is 23.8. The van der Waals surface area contributed by atoms with Gasteiger partial charge in [-0.2, -0.15) is 0 Å². The molecule has 1 aliphatic rings. The van der Waals surface area contributed by atoms with Crippen LogP contribution in [0, 0.1) is 5.82 Å². The lowest BCUT2D eigenvalue weighted by Crippen LogP contribution is -2.39. The van der Waals surface area contributed by atoms with E-state index in [-0.39, 0.29) is 17.2 Å². The lowest BCUT2D eigenvalue weighted by Gasteiger charge is -2.31. The monoisotopic (exact) mass is 457 g/mol. The Morgan fingerprint density at radius 1 is 1.03 bits per heavy atom. The number of halogens is 1. The van der Waals surface area contributed by atoms with Gasteiger partial charge in [-0.3, -0.25) is 14.4 Å². The molecule has 2 N–H and O–H groups in total. The Morgan fingerprint density at radius 3 is 2.47 bits per heavy atom. The maximum atomic E-state index is 13.9. The third-order valence-electron chi connectivity index (χ3n) is 5.69. The number of benzene rings is 2. The van der Waals surface area contributed by atoms with E-state index >= 15 is 0 Å². The summed E-state index contributed by atoms with van der Waals surface area (Å²) >= 11 is 1.32. The summed E-state index contributed by atoms with van der Waals surface area (Å²) in [6, 6.07) is 11.2. The SMILES string of the molecule is CNC(=O)c1cc(NC(=O)c2ccccc2SCC(=O)N(C)C2CCCCC2)ccc1F. The molecule has 1 fully saturated rings. The molecule has 0 spiro atoms. The van der Waals surface area contributed by atoms with Crippen LogP contribution >= 0.6 is 11.8 Å². The molecule has 0 bridgehead atoms. The zero-order valence-corrected chi connectivity index (χ0v) is 19.1. The van der Waals surface area contributed by atoms with Crippen molar-refractivity contribution in [3.8, 4) is 0 Å². The summed E-state index contributed by atoms with van der Waals surface area (Å²) < 4.78 is 13.9. The molecule has 1 aliphatic carbocycles. The maximum absolute atomic E-state index is 13.9. The molecular formula is C24H28FN3O3S. The summed E-state index contributed by atoms with van der Waals surface area (Å²) in [6.07, 6.45) is 5.63. The molecule has 2 aromatic rings. The van der Waals surface area contributed by atoms with Gasteiger partial charge >= 0.3 is 0 Å². The second kappa shape index (κ2) is 11.1. The molecule has 0 aromatic heterocycles. The van der Waals surface area contributed by atoms with Crippen molar-refractivity contribution in [1.82, 2.24) is 10.2 Å². The number of anilines is 1. The van der Waals surface area contributed by atoms with E-state index in [0.717, 1.165) is 31.7 Å². The van der Waals surface area contributed by atoms with Crippen LogP contribution in [0.1, 0.15) is 52.8 Å². The van der Waals surface area contributed by atoms with Crippen LogP contribution in [0.15, 0.2) is 47.4 Å². The second-order valence-corrected chi connectivity index (χ2v) is 8.83. The highest BCUT2D eigenvalue weighted by Crippen LogP contribution is 2.26. The molecule has 170 valence electrons. The number of hydrogen-bond donors (Lipinski definition) is 2. The molecule has 0 heterocycles. The quantitative estimate of drug-likeness (QED) is 0.607. The van der Waals surface area contributed by atoms with Gasteiger partial charge in [-0.05, 0) is 43.2 Å². The van der Waals surface area contributed by atoms with Gasteiger partial charge < -0.3 is 15.5 Å². The standard InChI is InChI=1S/C24H28FN3O3S/c1-26-23(30)19-14-16(12-13-20(19)25)27-24(31)18-10-6-7-11-21(18)32-15-22(29)28(2)17-8-4-3-5-9-17/h6-7,10-14,17H,3-5,8-9,15H2,1-2H3,(H,26,30)(H,27,31). The highest BCUT2D eigenvalue weighted by atomic mass is 32.2. The number of carbonyl (C=O) groups excluding carboxylic acids is 3. The Hall–Kier alpha value is -2.87. The highest BCUT2D eigenvalue weighted by molar-refractivity contribution is 8.00. The maximum Gasteiger partial charge on any atom is 0.256 e. The number of thioether (sulfide) groups is 1. The molecule has 0 atom stereocenters. The van der Waals surface area contributed by atoms with Crippen LogP contribution in [0.2, 0.25) is 0 Å². The topological polar surface area (TPSA) is 78.5 Å². The predicted molar refractivity (Wildman–Crippen MR) is 125 cm³/mol. The fraction of sp³-hybridized carbons (Fsp3) is 0.375. The van der Waals surface area contributed by atoms with E-state index in [1.807, 2.05) is 18.0 Å². The minimum atomic E-state index is -0.668. The van der Waals surface area contributed by atoms with Crippen LogP contribution in [0.25, 0.3) is 0 Å². The minimum absolute atomic E-state index is 0.0471. The molecule has 8 heteroatoms. The Morgan fingerprint density at radius 2 is 1.75 bits per heavy atom. The number of hydrogen-bond acceptors (Lipinski definition) is 4. The third kappa shape index (κ3) is 5.88. The smallest absolute Gasteiger partial charge is 0.256 e. The van der Waals surface area contributed by atoms with Crippen molar-refractivity contribution in [3.63, 3.8) is 0 Å². The number of nitrogens with one attached hydrogen (secondary N) is 2. The van der Waals surface area contributed by atoms with E-state index in [9.17, 15) is 18.8 Å². The van der Waals surface area contributed by atoms with Crippen molar-refractivity contribution in [3.05, 3.63) is 59.4 Å². The second-order valence-electron chi connectivity index (χ2n) is 7.81. The Kier molecular flexibility index (Phi) is 8.27. The third-order valence-corrected chi connectivity index (χ3v) is 6.75. The lowest BCUT2D eigenvalue weighted by molar-refractivity contribution is -0.129. The molecule has 32 heavy (non-hydrogen) atoms.